The number of aryl methyl sites for hydroxylation is 1. The number of methoxy groups -OCH3 is 1. The minimum atomic E-state index is -0.251. The maximum absolute atomic E-state index is 11.4. The first-order valence-corrected chi connectivity index (χ1v) is 6.93. The number of aromatic nitrogens is 1. The van der Waals surface area contributed by atoms with E-state index in [4.69, 9.17) is 0 Å². The van der Waals surface area contributed by atoms with Gasteiger partial charge in [0.25, 0.3) is 0 Å². The lowest BCUT2D eigenvalue weighted by atomic mass is 10.2. The average molecular weight is 285 g/mol. The lowest BCUT2D eigenvalue weighted by Crippen LogP contribution is -2.34. The topological polar surface area (TPSA) is 80.3 Å². The maximum atomic E-state index is 11.4. The van der Waals surface area contributed by atoms with Crippen LogP contribution in [0.4, 0.5) is 5.13 Å². The van der Waals surface area contributed by atoms with Gasteiger partial charge in [-0.2, -0.15) is 0 Å². The molecule has 0 unspecified atom stereocenters. The summed E-state index contributed by atoms with van der Waals surface area (Å²) in [6.45, 7) is 4.01. The third-order valence-corrected chi connectivity index (χ3v) is 3.06. The van der Waals surface area contributed by atoms with Crippen molar-refractivity contribution in [2.45, 2.75) is 32.7 Å². The van der Waals surface area contributed by atoms with Gasteiger partial charge in [0.1, 0.15) is 0 Å². The third-order valence-electron chi connectivity index (χ3n) is 2.21. The number of carbonyl (C=O) groups excluding carboxylic acids is 2. The van der Waals surface area contributed by atoms with Gasteiger partial charge >= 0.3 is 5.97 Å². The predicted molar refractivity (Wildman–Crippen MR) is 74.2 cm³/mol. The molecule has 1 rings (SSSR count). The summed E-state index contributed by atoms with van der Waals surface area (Å²) in [5.41, 5.74) is 0.821. The van der Waals surface area contributed by atoms with Gasteiger partial charge < -0.3 is 15.4 Å². The number of hydrogen-bond donors (Lipinski definition) is 2. The van der Waals surface area contributed by atoms with E-state index in [0.717, 1.165) is 5.69 Å². The van der Waals surface area contributed by atoms with E-state index in [0.29, 0.717) is 18.0 Å². The number of nitrogens with zero attached hydrogens (tertiary/aromatic N) is 1. The Bertz CT molecular complexity index is 432. The maximum Gasteiger partial charge on any atom is 0.305 e. The lowest BCUT2D eigenvalue weighted by Gasteiger charge is -2.08. The minimum absolute atomic E-state index is 0.0682. The van der Waals surface area contributed by atoms with Crippen LogP contribution in [-0.2, 0) is 20.7 Å². The molecular formula is C12H19N3O3S. The number of hydrogen-bond acceptors (Lipinski definition) is 6. The number of anilines is 1. The molecule has 0 aliphatic carbocycles. The smallest absolute Gasteiger partial charge is 0.305 e. The molecule has 1 aromatic rings. The summed E-state index contributed by atoms with van der Waals surface area (Å²) in [5.74, 6) is -0.319. The molecule has 0 saturated carbocycles. The second kappa shape index (κ2) is 7.73. The summed E-state index contributed by atoms with van der Waals surface area (Å²) in [6, 6.07) is 0.126. The largest absolute Gasteiger partial charge is 0.469 e. The van der Waals surface area contributed by atoms with E-state index in [1.54, 1.807) is 0 Å². The van der Waals surface area contributed by atoms with E-state index in [1.807, 2.05) is 19.2 Å². The number of esters is 1. The molecule has 0 atom stereocenters. The van der Waals surface area contributed by atoms with Gasteiger partial charge in [-0.1, -0.05) is 0 Å². The summed E-state index contributed by atoms with van der Waals surface area (Å²) < 4.78 is 4.56. The Morgan fingerprint density at radius 3 is 2.84 bits per heavy atom. The molecule has 0 aliphatic heterocycles. The van der Waals surface area contributed by atoms with Crippen molar-refractivity contribution < 1.29 is 14.3 Å². The van der Waals surface area contributed by atoms with E-state index >= 15 is 0 Å². The minimum Gasteiger partial charge on any atom is -0.469 e. The van der Waals surface area contributed by atoms with Crippen molar-refractivity contribution in [3.05, 3.63) is 11.1 Å². The van der Waals surface area contributed by atoms with Gasteiger partial charge in [-0.15, -0.1) is 11.3 Å². The third kappa shape index (κ3) is 6.19. The second-order valence-electron chi connectivity index (χ2n) is 4.30. The highest BCUT2D eigenvalue weighted by Gasteiger charge is 2.07. The van der Waals surface area contributed by atoms with Crippen LogP contribution in [0.3, 0.4) is 0 Å². The molecule has 7 heteroatoms. The van der Waals surface area contributed by atoms with Crippen LogP contribution in [-0.4, -0.2) is 36.6 Å². The highest BCUT2D eigenvalue weighted by molar-refractivity contribution is 7.13. The fourth-order valence-electron chi connectivity index (χ4n) is 1.36. The Balaban J connectivity index is 2.34. The zero-order valence-corrected chi connectivity index (χ0v) is 12.2. The number of ether oxygens (including phenoxy) is 1. The molecule has 0 radical (unpaired) electrons. The molecule has 2 N–H and O–H groups in total. The molecule has 106 valence electrons. The van der Waals surface area contributed by atoms with Crippen LogP contribution in [0.15, 0.2) is 5.38 Å². The molecule has 0 aliphatic rings. The monoisotopic (exact) mass is 285 g/mol. The van der Waals surface area contributed by atoms with Crippen LogP contribution < -0.4 is 10.6 Å². The van der Waals surface area contributed by atoms with Gasteiger partial charge in [0, 0.05) is 17.8 Å². The first kappa shape index (κ1) is 15.4. The van der Waals surface area contributed by atoms with Crippen molar-refractivity contribution in [3.63, 3.8) is 0 Å². The van der Waals surface area contributed by atoms with Crippen molar-refractivity contribution in [1.29, 1.82) is 0 Å². The standard InChI is InChI=1S/C12H19N3O3S/c1-8(2)14-10(16)6-13-12-15-9(7-19-12)4-5-11(17)18-3/h7-8H,4-6H2,1-3H3,(H,13,15)(H,14,16). The predicted octanol–water partition coefficient (Wildman–Crippen LogP) is 1.19. The van der Waals surface area contributed by atoms with Crippen LogP contribution >= 0.6 is 11.3 Å². The molecule has 0 fully saturated rings. The fraction of sp³-hybridized carbons (Fsp3) is 0.583. The Labute approximate surface area is 116 Å². The van der Waals surface area contributed by atoms with Crippen molar-refractivity contribution >= 4 is 28.3 Å². The molecular weight excluding hydrogens is 266 g/mol. The first-order valence-electron chi connectivity index (χ1n) is 6.05. The van der Waals surface area contributed by atoms with Crippen molar-refractivity contribution in [3.8, 4) is 0 Å². The Morgan fingerprint density at radius 2 is 2.21 bits per heavy atom. The van der Waals surface area contributed by atoms with Gasteiger partial charge in [-0.05, 0) is 13.8 Å². The summed E-state index contributed by atoms with van der Waals surface area (Å²) >= 11 is 1.42. The van der Waals surface area contributed by atoms with Crippen molar-refractivity contribution in [2.24, 2.45) is 0 Å². The zero-order chi connectivity index (χ0) is 14.3. The number of thiazole rings is 1. The number of nitrogens with one attached hydrogen (secondary N) is 2. The Morgan fingerprint density at radius 1 is 1.47 bits per heavy atom. The molecule has 0 aromatic carbocycles. The van der Waals surface area contributed by atoms with E-state index in [2.05, 4.69) is 20.4 Å². The SMILES string of the molecule is COC(=O)CCc1csc(NCC(=O)NC(C)C)n1. The quantitative estimate of drug-likeness (QED) is 0.735. The molecule has 1 aromatic heterocycles. The van der Waals surface area contributed by atoms with Gasteiger partial charge in [-0.3, -0.25) is 9.59 Å². The zero-order valence-electron chi connectivity index (χ0n) is 11.4. The normalized spacial score (nSPS) is 10.3. The van der Waals surface area contributed by atoms with E-state index in [1.165, 1.54) is 18.4 Å². The molecule has 0 bridgehead atoms. The van der Waals surface area contributed by atoms with Crippen LogP contribution in [0.25, 0.3) is 0 Å². The molecule has 1 amide bonds. The van der Waals surface area contributed by atoms with E-state index in [-0.39, 0.29) is 24.5 Å². The summed E-state index contributed by atoms with van der Waals surface area (Å²) in [4.78, 5) is 26.7. The first-order chi connectivity index (χ1) is 9.01. The Kier molecular flexibility index (Phi) is 6.27. The number of rotatable bonds is 7. The number of amides is 1. The van der Waals surface area contributed by atoms with Gasteiger partial charge in [-0.25, -0.2) is 4.98 Å². The van der Waals surface area contributed by atoms with Gasteiger partial charge in [0.05, 0.1) is 25.8 Å². The van der Waals surface area contributed by atoms with E-state index in [9.17, 15) is 9.59 Å². The molecule has 1 heterocycles. The Hall–Kier alpha value is -1.63. The van der Waals surface area contributed by atoms with Crippen LogP contribution in [0.5, 0.6) is 0 Å². The average Bonchev–Trinajstić information content (AvgIpc) is 2.80. The van der Waals surface area contributed by atoms with Crippen molar-refractivity contribution in [2.75, 3.05) is 19.0 Å². The van der Waals surface area contributed by atoms with Gasteiger partial charge in [0.2, 0.25) is 5.91 Å². The lowest BCUT2D eigenvalue weighted by molar-refractivity contribution is -0.140. The fourth-order valence-corrected chi connectivity index (χ4v) is 2.11. The van der Waals surface area contributed by atoms with Crippen LogP contribution in [0, 0.1) is 0 Å². The highest BCUT2D eigenvalue weighted by atomic mass is 32.1. The summed E-state index contributed by atoms with van der Waals surface area (Å²) in [7, 11) is 1.36. The molecule has 19 heavy (non-hydrogen) atoms. The number of carbonyl (C=O) groups is 2. The molecule has 6 nitrogen and oxygen atoms in total. The molecule has 0 spiro atoms. The molecule has 0 saturated heterocycles. The van der Waals surface area contributed by atoms with E-state index < -0.39 is 0 Å². The summed E-state index contributed by atoms with van der Waals surface area (Å²) in [6.07, 6.45) is 0.858. The highest BCUT2D eigenvalue weighted by Crippen LogP contribution is 2.16. The van der Waals surface area contributed by atoms with Crippen LogP contribution in [0.1, 0.15) is 26.0 Å². The van der Waals surface area contributed by atoms with Gasteiger partial charge in [0.15, 0.2) is 5.13 Å². The van der Waals surface area contributed by atoms with Crippen LogP contribution in [0.2, 0.25) is 0 Å². The second-order valence-corrected chi connectivity index (χ2v) is 5.15. The van der Waals surface area contributed by atoms with Crippen molar-refractivity contribution in [1.82, 2.24) is 10.3 Å². The summed E-state index contributed by atoms with van der Waals surface area (Å²) in [5, 5.41) is 8.28.